The van der Waals surface area contributed by atoms with Crippen LogP contribution in [0.5, 0.6) is 0 Å². The minimum atomic E-state index is -1.21. The molecule has 0 spiro atoms. The summed E-state index contributed by atoms with van der Waals surface area (Å²) >= 11 is 6.16. The molecule has 1 aromatic rings. The van der Waals surface area contributed by atoms with Gasteiger partial charge in [0.1, 0.15) is 36.8 Å². The summed E-state index contributed by atoms with van der Waals surface area (Å²) in [6.45, 7) is 3.03. The number of hydrogen-bond donors (Lipinski definition) is 5. The van der Waals surface area contributed by atoms with Crippen LogP contribution in [0, 0.1) is 5.41 Å². The summed E-state index contributed by atoms with van der Waals surface area (Å²) < 4.78 is 27.9. The zero-order chi connectivity index (χ0) is 23.3. The smallest absolute Gasteiger partial charge is 0.141 e. The number of hydrogen-bond acceptors (Lipinski definition) is 8. The molecule has 1 aromatic carbocycles. The number of likely N-dealkylation sites (tertiary alicyclic amines) is 1. The lowest BCUT2D eigenvalue weighted by Crippen LogP contribution is -2.71. The number of nitrogens with one attached hydrogen (secondary N) is 2. The lowest BCUT2D eigenvalue weighted by Gasteiger charge is -2.48. The summed E-state index contributed by atoms with van der Waals surface area (Å²) in [6.07, 6.45) is -3.64. The number of benzene rings is 1. The first-order valence-corrected chi connectivity index (χ1v) is 12.3. The number of ether oxygens (including phenoxy) is 2. The number of aliphatic hydroxyl groups excluding tert-OH is 2. The Morgan fingerprint density at radius 3 is 2.91 bits per heavy atom. The number of rotatable bonds is 5. The van der Waals surface area contributed by atoms with Gasteiger partial charge < -0.3 is 25.4 Å². The van der Waals surface area contributed by atoms with E-state index in [4.69, 9.17) is 26.8 Å². The Balaban J connectivity index is 1.41. The number of nitrogens with two attached hydrogens (primary N) is 1. The topological polar surface area (TPSA) is 112 Å². The van der Waals surface area contributed by atoms with Crippen LogP contribution in [0.1, 0.15) is 43.4 Å². The van der Waals surface area contributed by atoms with Gasteiger partial charge >= 0.3 is 0 Å². The summed E-state index contributed by atoms with van der Waals surface area (Å²) in [4.78, 5) is 1.81. The van der Waals surface area contributed by atoms with Crippen LogP contribution in [-0.2, 0) is 15.9 Å². The van der Waals surface area contributed by atoms with Crippen LogP contribution in [-0.4, -0.2) is 78.0 Å². The molecular formula is C23H34ClFN4O4. The molecule has 0 amide bonds. The van der Waals surface area contributed by atoms with Crippen molar-refractivity contribution in [3.63, 3.8) is 0 Å². The third-order valence-corrected chi connectivity index (χ3v) is 8.17. The summed E-state index contributed by atoms with van der Waals surface area (Å²) in [5.41, 5.74) is 7.51. The fourth-order valence-corrected chi connectivity index (χ4v) is 6.38. The highest BCUT2D eigenvalue weighted by Crippen LogP contribution is 2.48. The first kappa shape index (κ1) is 23.8. The van der Waals surface area contributed by atoms with Crippen molar-refractivity contribution in [1.29, 1.82) is 0 Å². The summed E-state index contributed by atoms with van der Waals surface area (Å²) in [5, 5.41) is 29.1. The van der Waals surface area contributed by atoms with Crippen molar-refractivity contribution in [2.24, 2.45) is 11.1 Å². The van der Waals surface area contributed by atoms with Gasteiger partial charge in [0.25, 0.3) is 0 Å². The van der Waals surface area contributed by atoms with E-state index in [-0.39, 0.29) is 6.54 Å². The number of nitrogens with zero attached hydrogens (tertiary/aromatic N) is 1. The monoisotopic (exact) mass is 484 g/mol. The second-order valence-electron chi connectivity index (χ2n) is 9.70. The molecule has 8 nitrogen and oxygen atoms in total. The van der Waals surface area contributed by atoms with Crippen molar-refractivity contribution in [1.82, 2.24) is 15.5 Å². The lowest BCUT2D eigenvalue weighted by atomic mass is 9.74. The van der Waals surface area contributed by atoms with Crippen LogP contribution in [0.25, 0.3) is 0 Å². The van der Waals surface area contributed by atoms with E-state index >= 15 is 4.39 Å². The minimum Gasteiger partial charge on any atom is -0.387 e. The minimum absolute atomic E-state index is 0.0651. The van der Waals surface area contributed by atoms with Crippen molar-refractivity contribution in [2.45, 2.75) is 81.8 Å². The largest absolute Gasteiger partial charge is 0.387 e. The molecule has 10 heteroatoms. The molecule has 6 N–H and O–H groups in total. The highest BCUT2D eigenvalue weighted by molar-refractivity contribution is 6.30. The molecule has 4 aliphatic rings. The van der Waals surface area contributed by atoms with Crippen molar-refractivity contribution in [3.05, 3.63) is 34.3 Å². The van der Waals surface area contributed by atoms with E-state index in [0.717, 1.165) is 24.0 Å². The van der Waals surface area contributed by atoms with Gasteiger partial charge in [-0.25, -0.2) is 4.39 Å². The van der Waals surface area contributed by atoms with Crippen LogP contribution >= 0.6 is 11.6 Å². The van der Waals surface area contributed by atoms with E-state index in [2.05, 4.69) is 17.6 Å². The SMILES string of the molecule is CCCCC12C(F)CN([C@@H]3O[C@H]([C@@H]4OCCc5cc(Cl)ccc54)[C@@H](O)[C@H]3O)C1NCNC2N. The molecule has 5 rings (SSSR count). The first-order valence-electron chi connectivity index (χ1n) is 11.9. The molecule has 33 heavy (non-hydrogen) atoms. The molecule has 0 aliphatic carbocycles. The second-order valence-corrected chi connectivity index (χ2v) is 10.1. The molecule has 0 aromatic heterocycles. The second kappa shape index (κ2) is 9.29. The van der Waals surface area contributed by atoms with Crippen LogP contribution in [0.4, 0.5) is 4.39 Å². The van der Waals surface area contributed by atoms with Crippen LogP contribution < -0.4 is 16.4 Å². The predicted molar refractivity (Wildman–Crippen MR) is 121 cm³/mol. The third kappa shape index (κ3) is 3.82. The van der Waals surface area contributed by atoms with Gasteiger partial charge in [0.2, 0.25) is 0 Å². The third-order valence-electron chi connectivity index (χ3n) is 7.94. The van der Waals surface area contributed by atoms with Gasteiger partial charge in [-0.15, -0.1) is 0 Å². The van der Waals surface area contributed by atoms with E-state index in [1.54, 1.807) is 11.0 Å². The van der Waals surface area contributed by atoms with Crippen molar-refractivity contribution in [2.75, 3.05) is 19.8 Å². The number of halogens is 2. The van der Waals surface area contributed by atoms with Gasteiger partial charge in [0.15, 0.2) is 0 Å². The molecule has 4 unspecified atom stereocenters. The van der Waals surface area contributed by atoms with Crippen molar-refractivity contribution >= 4 is 11.6 Å². The molecule has 3 fully saturated rings. The standard InChI is InChI=1S/C23H34ClFN4O4/c1-2-3-7-23-15(25)10-29(22(23)28-11-27-21(23)26)20-17(31)16(30)19(33-20)18-14-5-4-13(24)9-12(14)6-8-32-18/h4-5,9,15-22,27-28,30-31H,2-3,6-8,10-11,26H2,1H3/t15?,16-,17+,18+,19-,20+,21?,22?,23?/m0/s1. The lowest BCUT2D eigenvalue weighted by molar-refractivity contribution is -0.147. The summed E-state index contributed by atoms with van der Waals surface area (Å²) in [7, 11) is 0. The normalized spacial score (nSPS) is 43.5. The molecule has 0 saturated carbocycles. The van der Waals surface area contributed by atoms with Gasteiger partial charge in [-0.3, -0.25) is 15.5 Å². The number of alkyl halides is 1. The van der Waals surface area contributed by atoms with Crippen LogP contribution in [0.15, 0.2) is 18.2 Å². The van der Waals surface area contributed by atoms with Gasteiger partial charge in [0.05, 0.1) is 24.4 Å². The Morgan fingerprint density at radius 2 is 2.12 bits per heavy atom. The Labute approximate surface area is 198 Å². The average Bonchev–Trinajstić information content (AvgIpc) is 3.26. The summed E-state index contributed by atoms with van der Waals surface area (Å²) in [6, 6.07) is 5.57. The molecule has 4 aliphatic heterocycles. The van der Waals surface area contributed by atoms with E-state index in [0.29, 0.717) is 31.1 Å². The quantitative estimate of drug-likeness (QED) is 0.421. The van der Waals surface area contributed by atoms with E-state index in [9.17, 15) is 10.2 Å². The Morgan fingerprint density at radius 1 is 1.30 bits per heavy atom. The molecule has 9 atom stereocenters. The Bertz CT molecular complexity index is 868. The molecule has 184 valence electrons. The number of fused-ring (bicyclic) bond motifs is 2. The highest BCUT2D eigenvalue weighted by atomic mass is 35.5. The zero-order valence-corrected chi connectivity index (χ0v) is 19.5. The molecule has 0 bridgehead atoms. The zero-order valence-electron chi connectivity index (χ0n) is 18.8. The van der Waals surface area contributed by atoms with Crippen molar-refractivity contribution < 1.29 is 24.1 Å². The van der Waals surface area contributed by atoms with E-state index < -0.39 is 54.6 Å². The number of aliphatic hydroxyl groups is 2. The molecule has 4 heterocycles. The van der Waals surface area contributed by atoms with Gasteiger partial charge in [0, 0.05) is 18.2 Å². The first-order chi connectivity index (χ1) is 15.9. The maximum atomic E-state index is 15.7. The van der Waals surface area contributed by atoms with Crippen LogP contribution in [0.3, 0.4) is 0 Å². The Kier molecular flexibility index (Phi) is 6.71. The fraction of sp³-hybridized carbons (Fsp3) is 0.739. The maximum absolute atomic E-state index is 15.7. The highest BCUT2D eigenvalue weighted by Gasteiger charge is 2.63. The molecular weight excluding hydrogens is 451 g/mol. The predicted octanol–water partition coefficient (Wildman–Crippen LogP) is 0.992. The molecule has 0 radical (unpaired) electrons. The maximum Gasteiger partial charge on any atom is 0.141 e. The van der Waals surface area contributed by atoms with E-state index in [1.165, 1.54) is 0 Å². The van der Waals surface area contributed by atoms with Gasteiger partial charge in [-0.1, -0.05) is 37.4 Å². The van der Waals surface area contributed by atoms with E-state index in [1.807, 2.05) is 12.1 Å². The average molecular weight is 485 g/mol. The summed E-state index contributed by atoms with van der Waals surface area (Å²) in [5.74, 6) is 0. The Hall–Kier alpha value is -0.880. The van der Waals surface area contributed by atoms with Crippen molar-refractivity contribution in [3.8, 4) is 0 Å². The number of unbranched alkanes of at least 4 members (excludes halogenated alkanes) is 1. The molecule has 3 saturated heterocycles. The van der Waals surface area contributed by atoms with Gasteiger partial charge in [-0.05, 0) is 36.1 Å². The fourth-order valence-electron chi connectivity index (χ4n) is 6.19. The van der Waals surface area contributed by atoms with Gasteiger partial charge in [-0.2, -0.15) is 0 Å². The van der Waals surface area contributed by atoms with Crippen LogP contribution in [0.2, 0.25) is 5.02 Å².